The van der Waals surface area contributed by atoms with Gasteiger partial charge in [-0.3, -0.25) is 0 Å². The molecule has 0 heterocycles. The van der Waals surface area contributed by atoms with E-state index in [2.05, 4.69) is 0 Å². The zero-order valence-corrected chi connectivity index (χ0v) is 6.82. The van der Waals surface area contributed by atoms with Crippen LogP contribution in [0, 0.1) is 0 Å². The maximum atomic E-state index is 9.55. The summed E-state index contributed by atoms with van der Waals surface area (Å²) in [5.41, 5.74) is 0. The normalized spacial score (nSPS) is 7.60. The second kappa shape index (κ2) is 9.56. The summed E-state index contributed by atoms with van der Waals surface area (Å²) in [6.07, 6.45) is 1.12. The summed E-state index contributed by atoms with van der Waals surface area (Å²) in [7, 11) is 0. The van der Waals surface area contributed by atoms with E-state index in [-0.39, 0.29) is 55.8 Å². The van der Waals surface area contributed by atoms with Gasteiger partial charge in [0.2, 0.25) is 0 Å². The predicted octanol–water partition coefficient (Wildman–Crippen LogP) is -0.939. The minimum atomic E-state index is -1.26. The molecule has 0 radical (unpaired) electrons. The van der Waals surface area contributed by atoms with Gasteiger partial charge in [0.25, 0.3) is 0 Å². The molecule has 0 saturated heterocycles. The largest absolute Gasteiger partial charge is 0 e. The van der Waals surface area contributed by atoms with Crippen LogP contribution in [0.4, 0.5) is 0 Å². The zero-order valence-electron chi connectivity index (χ0n) is 4.37. The number of hydrogen-bond donors (Lipinski definition) is 2. The molecule has 6 heteroatoms. The van der Waals surface area contributed by atoms with Gasteiger partial charge in [0, 0.05) is 38.4 Å². The monoisotopic (exact) mass is 230 g/mol. The number of carboxylic acid groups (broad SMARTS) is 2. The Balaban J connectivity index is -0.000000245. The van der Waals surface area contributed by atoms with Gasteiger partial charge in [0.05, 0.1) is 0 Å². The maximum absolute atomic E-state index is 9.55. The fourth-order valence-corrected chi connectivity index (χ4v) is 0.143. The van der Waals surface area contributed by atoms with Gasteiger partial charge in [-0.1, -0.05) is 0 Å². The van der Waals surface area contributed by atoms with Crippen molar-refractivity contribution in [3.63, 3.8) is 0 Å². The van der Waals surface area contributed by atoms with E-state index >= 15 is 0 Å². The van der Waals surface area contributed by atoms with Crippen LogP contribution in [0.2, 0.25) is 0 Å². The van der Waals surface area contributed by atoms with Crippen molar-refractivity contribution < 1.29 is 46.0 Å². The molecular formula is C4H5NaO4Zr. The number of carbonyl (C=O) groups is 2. The molecule has 0 atom stereocenters. The van der Waals surface area contributed by atoms with Crippen LogP contribution in [0.1, 0.15) is 0 Å². The van der Waals surface area contributed by atoms with Crippen LogP contribution in [0.25, 0.3) is 0 Å². The summed E-state index contributed by atoms with van der Waals surface area (Å²) >= 11 is 0. The van der Waals surface area contributed by atoms with E-state index in [1.54, 1.807) is 0 Å². The molecule has 0 aromatic heterocycles. The van der Waals surface area contributed by atoms with Gasteiger partial charge in [0.1, 0.15) is 0 Å². The van der Waals surface area contributed by atoms with Crippen molar-refractivity contribution in [2.75, 3.05) is 0 Å². The molecule has 0 aliphatic rings. The zero-order chi connectivity index (χ0) is 6.57. The van der Waals surface area contributed by atoms with Crippen molar-refractivity contribution in [2.24, 2.45) is 0 Å². The van der Waals surface area contributed by atoms with E-state index in [4.69, 9.17) is 10.2 Å². The van der Waals surface area contributed by atoms with Gasteiger partial charge in [-0.15, -0.1) is 0 Å². The van der Waals surface area contributed by atoms with Crippen LogP contribution in [0.15, 0.2) is 12.2 Å². The molecule has 0 saturated carbocycles. The van der Waals surface area contributed by atoms with E-state index in [0.717, 1.165) is 0 Å². The molecule has 0 aliphatic heterocycles. The molecule has 0 fully saturated rings. The predicted molar refractivity (Wildman–Crippen MR) is 31.6 cm³/mol. The van der Waals surface area contributed by atoms with Gasteiger partial charge in [-0.05, 0) is 0 Å². The van der Waals surface area contributed by atoms with Crippen LogP contribution < -0.4 is 0 Å². The first-order valence-electron chi connectivity index (χ1n) is 1.77. The third kappa shape index (κ3) is 15.8. The molecule has 0 spiro atoms. The average Bonchev–Trinajstić information content (AvgIpc) is 1.61. The van der Waals surface area contributed by atoms with Gasteiger partial charge < -0.3 is 10.2 Å². The first-order valence-corrected chi connectivity index (χ1v) is 1.77. The Bertz CT molecular complexity index is 128. The molecule has 0 bridgehead atoms. The SMILES string of the molecule is O=C(O)C=CC(=O)O.[NaH].[Zr]. The van der Waals surface area contributed by atoms with Crippen LogP contribution in [0.3, 0.4) is 0 Å². The summed E-state index contributed by atoms with van der Waals surface area (Å²) in [5, 5.41) is 15.6. The fraction of sp³-hybridized carbons (Fsp3) is 0. The van der Waals surface area contributed by atoms with Crippen LogP contribution >= 0.6 is 0 Å². The van der Waals surface area contributed by atoms with Gasteiger partial charge >= 0.3 is 41.5 Å². The standard InChI is InChI=1S/C4H4O4.Na.Zr.H/c5-3(6)1-2-4(7)8;;;/h1-2H,(H,5,6)(H,7,8);;;. The van der Waals surface area contributed by atoms with E-state index in [1.165, 1.54) is 0 Å². The minimum absolute atomic E-state index is 0. The van der Waals surface area contributed by atoms with Gasteiger partial charge in [-0.2, -0.15) is 0 Å². The van der Waals surface area contributed by atoms with Crippen LogP contribution in [-0.2, 0) is 35.8 Å². The Morgan fingerprint density at radius 3 is 1.30 bits per heavy atom. The Hall–Kier alpha value is 0.563. The van der Waals surface area contributed by atoms with Crippen molar-refractivity contribution in [1.29, 1.82) is 0 Å². The molecule has 0 amide bonds. The van der Waals surface area contributed by atoms with Crippen LogP contribution in [0.5, 0.6) is 0 Å². The average molecular weight is 231 g/mol. The van der Waals surface area contributed by atoms with E-state index in [9.17, 15) is 9.59 Å². The molecule has 50 valence electrons. The molecule has 10 heavy (non-hydrogen) atoms. The molecular weight excluding hydrogens is 226 g/mol. The fourth-order valence-electron chi connectivity index (χ4n) is 0.143. The molecule has 0 aromatic rings. The van der Waals surface area contributed by atoms with Crippen LogP contribution in [-0.4, -0.2) is 51.7 Å². The van der Waals surface area contributed by atoms with Gasteiger partial charge in [-0.25, -0.2) is 9.59 Å². The van der Waals surface area contributed by atoms with E-state index in [0.29, 0.717) is 12.2 Å². The Morgan fingerprint density at radius 1 is 1.00 bits per heavy atom. The van der Waals surface area contributed by atoms with E-state index in [1.807, 2.05) is 0 Å². The number of carboxylic acids is 2. The smallest absolute Gasteiger partial charge is 0 e. The number of aliphatic carboxylic acids is 2. The second-order valence-electron chi connectivity index (χ2n) is 1.01. The summed E-state index contributed by atoms with van der Waals surface area (Å²) in [6.45, 7) is 0. The first kappa shape index (κ1) is 16.9. The third-order valence-corrected chi connectivity index (χ3v) is 0.368. The third-order valence-electron chi connectivity index (χ3n) is 0.368. The molecule has 4 nitrogen and oxygen atoms in total. The minimum Gasteiger partial charge on any atom is 0 e. The van der Waals surface area contributed by atoms with Crippen molar-refractivity contribution in [3.8, 4) is 0 Å². The van der Waals surface area contributed by atoms with Crippen molar-refractivity contribution >= 4 is 41.5 Å². The Labute approximate surface area is 98.7 Å². The second-order valence-corrected chi connectivity index (χ2v) is 1.01. The van der Waals surface area contributed by atoms with Crippen molar-refractivity contribution in [3.05, 3.63) is 12.2 Å². The molecule has 0 unspecified atom stereocenters. The summed E-state index contributed by atoms with van der Waals surface area (Å²) in [4.78, 5) is 19.1. The Kier molecular flexibility index (Phi) is 16.2. The number of rotatable bonds is 2. The van der Waals surface area contributed by atoms with Crippen molar-refractivity contribution in [2.45, 2.75) is 0 Å². The molecule has 2 N–H and O–H groups in total. The quantitative estimate of drug-likeness (QED) is 0.475. The maximum Gasteiger partial charge on any atom is 0 e. The molecule has 0 aliphatic carbocycles. The van der Waals surface area contributed by atoms with Gasteiger partial charge in [0.15, 0.2) is 0 Å². The Morgan fingerprint density at radius 2 is 1.20 bits per heavy atom. The van der Waals surface area contributed by atoms with Crippen molar-refractivity contribution in [1.82, 2.24) is 0 Å². The summed E-state index contributed by atoms with van der Waals surface area (Å²) in [5.74, 6) is -2.51. The number of hydrogen-bond acceptors (Lipinski definition) is 2. The first-order chi connectivity index (χ1) is 3.63. The topological polar surface area (TPSA) is 74.6 Å². The molecule has 0 rings (SSSR count). The molecule has 0 aromatic carbocycles. The summed E-state index contributed by atoms with van der Waals surface area (Å²) in [6, 6.07) is 0. The summed E-state index contributed by atoms with van der Waals surface area (Å²) < 4.78 is 0. The van der Waals surface area contributed by atoms with E-state index < -0.39 is 11.9 Å².